The number of ether oxygens (including phenoxy) is 2. The number of hydrogen-bond acceptors (Lipinski definition) is 4. The van der Waals surface area contributed by atoms with Crippen molar-refractivity contribution in [2.24, 2.45) is 7.05 Å². The predicted molar refractivity (Wildman–Crippen MR) is 125 cm³/mol. The van der Waals surface area contributed by atoms with E-state index in [1.165, 1.54) is 0 Å². The number of methoxy groups -OCH3 is 1. The number of benzene rings is 3. The molecule has 1 unspecified atom stereocenters. The average molecular weight is 430 g/mol. The van der Waals surface area contributed by atoms with E-state index in [0.29, 0.717) is 19.4 Å². The van der Waals surface area contributed by atoms with Crippen LogP contribution in [0.3, 0.4) is 0 Å². The van der Waals surface area contributed by atoms with Crippen LogP contribution in [-0.4, -0.2) is 29.2 Å². The molecule has 1 atom stereocenters. The standard InChI is InChI=1S/C26H27N3O3/c1-29-17-16-27-26(29)25(20-12-14-21(31-2)15-13-20)28-24(30)11-6-18-32-23-10-5-8-19-7-3-4-9-22(19)23/h3-5,7-10,12-17,25H,6,11,18H2,1-2H3,(H,28,30). The van der Waals surface area contributed by atoms with Crippen molar-refractivity contribution in [3.8, 4) is 11.5 Å². The molecule has 0 bridgehead atoms. The molecule has 0 saturated heterocycles. The first-order valence-electron chi connectivity index (χ1n) is 10.7. The Morgan fingerprint density at radius 3 is 2.59 bits per heavy atom. The van der Waals surface area contributed by atoms with Crippen LogP contribution in [0.4, 0.5) is 0 Å². The zero-order valence-electron chi connectivity index (χ0n) is 18.3. The third kappa shape index (κ3) is 4.91. The van der Waals surface area contributed by atoms with Crippen molar-refractivity contribution < 1.29 is 14.3 Å². The van der Waals surface area contributed by atoms with Crippen molar-refractivity contribution >= 4 is 16.7 Å². The lowest BCUT2D eigenvalue weighted by Crippen LogP contribution is -2.31. The Bertz CT molecular complexity index is 1180. The number of fused-ring (bicyclic) bond motifs is 1. The maximum atomic E-state index is 12.8. The second-order valence-electron chi connectivity index (χ2n) is 7.60. The quantitative estimate of drug-likeness (QED) is 0.394. The normalized spacial score (nSPS) is 11.8. The highest BCUT2D eigenvalue weighted by Crippen LogP contribution is 2.26. The molecule has 164 valence electrons. The van der Waals surface area contributed by atoms with E-state index in [-0.39, 0.29) is 11.9 Å². The van der Waals surface area contributed by atoms with Crippen LogP contribution in [0, 0.1) is 0 Å². The molecule has 6 nitrogen and oxygen atoms in total. The molecular weight excluding hydrogens is 402 g/mol. The third-order valence-electron chi connectivity index (χ3n) is 5.43. The highest BCUT2D eigenvalue weighted by Gasteiger charge is 2.20. The van der Waals surface area contributed by atoms with Gasteiger partial charge in [-0.1, -0.05) is 48.5 Å². The SMILES string of the molecule is COc1ccc(C(NC(=O)CCCOc2cccc3ccccc23)c2nccn2C)cc1. The molecule has 0 aliphatic carbocycles. The highest BCUT2D eigenvalue weighted by atomic mass is 16.5. The number of aryl methyl sites for hydroxylation is 1. The zero-order valence-corrected chi connectivity index (χ0v) is 18.3. The molecule has 4 rings (SSSR count). The number of aromatic nitrogens is 2. The minimum Gasteiger partial charge on any atom is -0.497 e. The molecule has 0 radical (unpaired) electrons. The Morgan fingerprint density at radius 1 is 1.06 bits per heavy atom. The van der Waals surface area contributed by atoms with E-state index in [9.17, 15) is 4.79 Å². The number of nitrogens with zero attached hydrogens (tertiary/aromatic N) is 2. The molecule has 1 N–H and O–H groups in total. The number of nitrogens with one attached hydrogen (secondary N) is 1. The average Bonchev–Trinajstić information content (AvgIpc) is 3.26. The summed E-state index contributed by atoms with van der Waals surface area (Å²) in [5.41, 5.74) is 0.945. The van der Waals surface area contributed by atoms with Gasteiger partial charge in [0.1, 0.15) is 23.4 Å². The van der Waals surface area contributed by atoms with Gasteiger partial charge in [0, 0.05) is 31.2 Å². The molecule has 0 fully saturated rings. The first-order valence-corrected chi connectivity index (χ1v) is 10.7. The van der Waals surface area contributed by atoms with Gasteiger partial charge in [0.05, 0.1) is 13.7 Å². The van der Waals surface area contributed by atoms with Crippen LogP contribution in [0.25, 0.3) is 10.8 Å². The zero-order chi connectivity index (χ0) is 22.3. The van der Waals surface area contributed by atoms with Crippen molar-refractivity contribution in [1.82, 2.24) is 14.9 Å². The van der Waals surface area contributed by atoms with Crippen LogP contribution < -0.4 is 14.8 Å². The smallest absolute Gasteiger partial charge is 0.220 e. The van der Waals surface area contributed by atoms with Crippen molar-refractivity contribution in [2.45, 2.75) is 18.9 Å². The minimum absolute atomic E-state index is 0.0460. The first-order chi connectivity index (χ1) is 15.7. The molecule has 6 heteroatoms. The fourth-order valence-electron chi connectivity index (χ4n) is 3.72. The van der Waals surface area contributed by atoms with Gasteiger partial charge in [-0.15, -0.1) is 0 Å². The van der Waals surface area contributed by atoms with E-state index in [1.807, 2.05) is 72.4 Å². The molecule has 32 heavy (non-hydrogen) atoms. The van der Waals surface area contributed by atoms with Crippen LogP contribution in [-0.2, 0) is 11.8 Å². The fourth-order valence-corrected chi connectivity index (χ4v) is 3.72. The topological polar surface area (TPSA) is 65.4 Å². The summed E-state index contributed by atoms with van der Waals surface area (Å²) in [6.45, 7) is 0.469. The van der Waals surface area contributed by atoms with Crippen LogP contribution in [0.1, 0.15) is 30.3 Å². The van der Waals surface area contributed by atoms with Gasteiger partial charge in [-0.3, -0.25) is 4.79 Å². The van der Waals surface area contributed by atoms with Crippen molar-refractivity contribution in [2.75, 3.05) is 13.7 Å². The minimum atomic E-state index is -0.340. The van der Waals surface area contributed by atoms with Crippen LogP contribution in [0.5, 0.6) is 11.5 Å². The van der Waals surface area contributed by atoms with Crippen molar-refractivity contribution in [1.29, 1.82) is 0 Å². The van der Waals surface area contributed by atoms with Crippen LogP contribution in [0.2, 0.25) is 0 Å². The Hall–Kier alpha value is -3.80. The monoisotopic (exact) mass is 429 g/mol. The maximum absolute atomic E-state index is 12.8. The van der Waals surface area contributed by atoms with Gasteiger partial charge >= 0.3 is 0 Å². The number of carbonyl (C=O) groups is 1. The van der Waals surface area contributed by atoms with Gasteiger partial charge in [-0.05, 0) is 35.6 Å². The van der Waals surface area contributed by atoms with Crippen molar-refractivity contribution in [3.05, 3.63) is 90.5 Å². The lowest BCUT2D eigenvalue weighted by Gasteiger charge is -2.19. The van der Waals surface area contributed by atoms with Gasteiger partial charge in [-0.2, -0.15) is 0 Å². The second-order valence-corrected chi connectivity index (χ2v) is 7.60. The molecule has 1 aromatic heterocycles. The van der Waals surface area contributed by atoms with Crippen molar-refractivity contribution in [3.63, 3.8) is 0 Å². The van der Waals surface area contributed by atoms with Gasteiger partial charge in [0.15, 0.2) is 0 Å². The molecule has 0 aliphatic heterocycles. The van der Waals surface area contributed by atoms with E-state index >= 15 is 0 Å². The molecule has 0 saturated carbocycles. The third-order valence-corrected chi connectivity index (χ3v) is 5.43. The van der Waals surface area contributed by atoms with Crippen LogP contribution >= 0.6 is 0 Å². The fraction of sp³-hybridized carbons (Fsp3) is 0.231. The van der Waals surface area contributed by atoms with Gasteiger partial charge in [0.25, 0.3) is 0 Å². The summed E-state index contributed by atoms with van der Waals surface area (Å²) in [6, 6.07) is 21.4. The number of carbonyl (C=O) groups excluding carboxylic acids is 1. The summed E-state index contributed by atoms with van der Waals surface area (Å²) >= 11 is 0. The molecule has 1 amide bonds. The largest absolute Gasteiger partial charge is 0.497 e. The number of imidazole rings is 1. The van der Waals surface area contributed by atoms with E-state index < -0.39 is 0 Å². The summed E-state index contributed by atoms with van der Waals surface area (Å²) in [5.74, 6) is 2.34. The maximum Gasteiger partial charge on any atom is 0.220 e. The van der Waals surface area contributed by atoms with E-state index in [0.717, 1.165) is 33.7 Å². The molecule has 4 aromatic rings. The number of amides is 1. The van der Waals surface area contributed by atoms with Gasteiger partial charge in [0.2, 0.25) is 5.91 Å². The first kappa shape index (κ1) is 21.4. The Morgan fingerprint density at radius 2 is 1.84 bits per heavy atom. The summed E-state index contributed by atoms with van der Waals surface area (Å²) in [5, 5.41) is 5.34. The number of rotatable bonds is 9. The van der Waals surface area contributed by atoms with E-state index in [4.69, 9.17) is 9.47 Å². The predicted octanol–water partition coefficient (Wildman–Crippen LogP) is 4.65. The molecular formula is C26H27N3O3. The van der Waals surface area contributed by atoms with Gasteiger partial charge in [-0.25, -0.2) is 4.98 Å². The summed E-state index contributed by atoms with van der Waals surface area (Å²) < 4.78 is 13.1. The summed E-state index contributed by atoms with van der Waals surface area (Å²) in [4.78, 5) is 17.2. The Kier molecular flexibility index (Phi) is 6.70. The summed E-state index contributed by atoms with van der Waals surface area (Å²) in [7, 11) is 3.55. The lowest BCUT2D eigenvalue weighted by molar-refractivity contribution is -0.121. The Labute approximate surface area is 187 Å². The van der Waals surface area contributed by atoms with Crippen LogP contribution in [0.15, 0.2) is 79.1 Å². The lowest BCUT2D eigenvalue weighted by atomic mass is 10.1. The van der Waals surface area contributed by atoms with Gasteiger partial charge < -0.3 is 19.4 Å². The van der Waals surface area contributed by atoms with E-state index in [1.54, 1.807) is 13.3 Å². The molecule has 1 heterocycles. The van der Waals surface area contributed by atoms with E-state index in [2.05, 4.69) is 22.4 Å². The number of hydrogen-bond donors (Lipinski definition) is 1. The second kappa shape index (κ2) is 10.0. The molecule has 0 spiro atoms. The molecule has 3 aromatic carbocycles. The summed E-state index contributed by atoms with van der Waals surface area (Å²) in [6.07, 6.45) is 4.58. The Balaban J connectivity index is 1.37. The molecule has 0 aliphatic rings. The highest BCUT2D eigenvalue weighted by molar-refractivity contribution is 5.88.